The molecule has 2 saturated carbocycles. The number of hydrogen-bond acceptors (Lipinski definition) is 3. The maximum atomic E-state index is 13.5. The summed E-state index contributed by atoms with van der Waals surface area (Å²) in [7, 11) is -6.75. The molecule has 3 nitrogen and oxygen atoms in total. The van der Waals surface area contributed by atoms with Crippen LogP contribution in [0.3, 0.4) is 0 Å². The van der Waals surface area contributed by atoms with E-state index in [9.17, 15) is 47.9 Å². The Morgan fingerprint density at radius 3 is 1.62 bits per heavy atom. The van der Waals surface area contributed by atoms with Gasteiger partial charge in [0.1, 0.15) is 0 Å². The fourth-order valence-corrected chi connectivity index (χ4v) is 4.31. The van der Waals surface area contributed by atoms with Crippen molar-refractivity contribution >= 4 is 10.1 Å². The molecule has 2 fully saturated rings. The number of halogens is 9. The van der Waals surface area contributed by atoms with Crippen LogP contribution in [0.15, 0.2) is 0 Å². The number of hydrogen-bond donors (Lipinski definition) is 0. The molecule has 24 heavy (non-hydrogen) atoms. The lowest BCUT2D eigenvalue weighted by atomic mass is 9.98. The minimum atomic E-state index is -7.27. The van der Waals surface area contributed by atoms with Crippen LogP contribution in [0.25, 0.3) is 0 Å². The minimum Gasteiger partial charge on any atom is -0.259 e. The Bertz CT molecular complexity index is 603. The maximum absolute atomic E-state index is 13.5. The average molecular weight is 394 g/mol. The van der Waals surface area contributed by atoms with E-state index in [0.717, 1.165) is 0 Å². The van der Waals surface area contributed by atoms with E-state index in [4.69, 9.17) is 0 Å². The first-order valence-electron chi connectivity index (χ1n) is 6.64. The van der Waals surface area contributed by atoms with Gasteiger partial charge in [-0.2, -0.15) is 47.9 Å². The van der Waals surface area contributed by atoms with E-state index in [1.165, 1.54) is 0 Å². The molecule has 2 aliphatic rings. The van der Waals surface area contributed by atoms with Crippen molar-refractivity contribution in [1.82, 2.24) is 0 Å². The summed E-state index contributed by atoms with van der Waals surface area (Å²) in [5, 5.41) is -6.77. The van der Waals surface area contributed by atoms with Crippen molar-refractivity contribution in [1.29, 1.82) is 0 Å². The van der Waals surface area contributed by atoms with Crippen molar-refractivity contribution in [2.75, 3.05) is 0 Å². The van der Waals surface area contributed by atoms with E-state index in [-0.39, 0.29) is 25.2 Å². The predicted molar refractivity (Wildman–Crippen MR) is 60.2 cm³/mol. The topological polar surface area (TPSA) is 43.4 Å². The second kappa shape index (κ2) is 5.15. The van der Waals surface area contributed by atoms with Gasteiger partial charge in [0.2, 0.25) is 0 Å². The van der Waals surface area contributed by atoms with E-state index in [1.807, 2.05) is 0 Å². The van der Waals surface area contributed by atoms with Crippen LogP contribution in [-0.2, 0) is 14.3 Å². The molecule has 2 rings (SSSR count). The zero-order valence-electron chi connectivity index (χ0n) is 11.6. The molecule has 2 bridgehead atoms. The van der Waals surface area contributed by atoms with Crippen molar-refractivity contribution in [3.63, 3.8) is 0 Å². The molecule has 142 valence electrons. The Morgan fingerprint density at radius 2 is 1.29 bits per heavy atom. The van der Waals surface area contributed by atoms with Gasteiger partial charge in [0.25, 0.3) is 0 Å². The zero-order chi connectivity index (χ0) is 18.8. The SMILES string of the molecule is O=S(=O)(OC12CCC(CC1)C2)C(F)(F)C(F)(F)C(F)(F)C(F)(F)F. The summed E-state index contributed by atoms with van der Waals surface area (Å²) in [5.41, 5.74) is -1.75. The highest BCUT2D eigenvalue weighted by Crippen LogP contribution is 2.57. The molecule has 0 saturated heterocycles. The van der Waals surface area contributed by atoms with Gasteiger partial charge in [0.15, 0.2) is 0 Å². The summed E-state index contributed by atoms with van der Waals surface area (Å²) in [6.07, 6.45) is -6.61. The average Bonchev–Trinajstić information content (AvgIpc) is 2.95. The third kappa shape index (κ3) is 2.58. The smallest absolute Gasteiger partial charge is 0.259 e. The Kier molecular flexibility index (Phi) is 4.20. The van der Waals surface area contributed by atoms with Gasteiger partial charge in [-0.15, -0.1) is 0 Å². The van der Waals surface area contributed by atoms with Crippen LogP contribution in [0.1, 0.15) is 32.1 Å². The summed E-state index contributed by atoms with van der Waals surface area (Å²) in [6, 6.07) is 0. The molecule has 13 heteroatoms. The molecule has 0 radical (unpaired) electrons. The molecular formula is C11H11F9O3S. The molecule has 0 atom stereocenters. The molecule has 0 amide bonds. The summed E-state index contributed by atoms with van der Waals surface area (Å²) < 4.78 is 142. The zero-order valence-corrected chi connectivity index (χ0v) is 12.5. The Balaban J connectivity index is 2.37. The highest BCUT2D eigenvalue weighted by Gasteiger charge is 2.86. The monoisotopic (exact) mass is 394 g/mol. The summed E-state index contributed by atoms with van der Waals surface area (Å²) in [6.45, 7) is 0. The van der Waals surface area contributed by atoms with Gasteiger partial charge in [-0.25, -0.2) is 0 Å². The second-order valence-corrected chi connectivity index (χ2v) is 7.62. The molecule has 0 spiro atoms. The van der Waals surface area contributed by atoms with Crippen LogP contribution in [0, 0.1) is 5.92 Å². The molecule has 0 unspecified atom stereocenters. The predicted octanol–water partition coefficient (Wildman–Crippen LogP) is 4.09. The second-order valence-electron chi connectivity index (χ2n) is 6.03. The van der Waals surface area contributed by atoms with Crippen molar-refractivity contribution in [3.05, 3.63) is 0 Å². The van der Waals surface area contributed by atoms with Gasteiger partial charge in [-0.1, -0.05) is 0 Å². The maximum Gasteiger partial charge on any atom is 0.460 e. The van der Waals surface area contributed by atoms with Crippen LogP contribution in [0.4, 0.5) is 39.5 Å². The van der Waals surface area contributed by atoms with Crippen LogP contribution < -0.4 is 0 Å². The molecular weight excluding hydrogens is 383 g/mol. The summed E-state index contributed by atoms with van der Waals surface area (Å²) in [4.78, 5) is 0. The van der Waals surface area contributed by atoms with Gasteiger partial charge in [0.05, 0.1) is 5.60 Å². The lowest BCUT2D eigenvalue weighted by molar-refractivity contribution is -0.383. The highest BCUT2D eigenvalue weighted by molar-refractivity contribution is 7.87. The Morgan fingerprint density at radius 1 is 0.833 bits per heavy atom. The number of fused-ring (bicyclic) bond motifs is 2. The fraction of sp³-hybridized carbons (Fsp3) is 1.00. The van der Waals surface area contributed by atoms with Gasteiger partial charge in [-0.05, 0) is 38.0 Å². The molecule has 0 aliphatic heterocycles. The van der Waals surface area contributed by atoms with Crippen molar-refractivity contribution in [2.45, 2.75) is 61.0 Å². The first-order valence-corrected chi connectivity index (χ1v) is 8.05. The van der Waals surface area contributed by atoms with Gasteiger partial charge in [0, 0.05) is 0 Å². The van der Waals surface area contributed by atoms with Gasteiger partial charge >= 0.3 is 33.4 Å². The van der Waals surface area contributed by atoms with Gasteiger partial charge in [-0.3, -0.25) is 4.18 Å². The summed E-state index contributed by atoms with van der Waals surface area (Å²) in [5.74, 6) is -14.6. The number of rotatable bonds is 5. The lowest BCUT2D eigenvalue weighted by Gasteiger charge is -2.35. The van der Waals surface area contributed by atoms with Crippen LogP contribution >= 0.6 is 0 Å². The molecule has 2 aliphatic carbocycles. The standard InChI is InChI=1S/C11H11F9O3S/c12-8(13,10(16,17)18)9(14,15)11(19,20)24(21,22)23-7-3-1-6(5-7)2-4-7/h6H,1-5H2. The van der Waals surface area contributed by atoms with Crippen LogP contribution in [0.5, 0.6) is 0 Å². The molecule has 0 aromatic rings. The summed E-state index contributed by atoms with van der Waals surface area (Å²) >= 11 is 0. The van der Waals surface area contributed by atoms with Crippen molar-refractivity contribution in [3.8, 4) is 0 Å². The van der Waals surface area contributed by atoms with Crippen LogP contribution in [-0.4, -0.2) is 37.3 Å². The molecule has 0 N–H and O–H groups in total. The van der Waals surface area contributed by atoms with Crippen LogP contribution in [0.2, 0.25) is 0 Å². The third-order valence-electron chi connectivity index (χ3n) is 4.39. The van der Waals surface area contributed by atoms with Crippen molar-refractivity contribution < 1.29 is 52.1 Å². The van der Waals surface area contributed by atoms with E-state index in [0.29, 0.717) is 12.8 Å². The Labute approximate surface area is 130 Å². The quantitative estimate of drug-likeness (QED) is 0.521. The lowest BCUT2D eigenvalue weighted by Crippen LogP contribution is -2.64. The largest absolute Gasteiger partial charge is 0.460 e. The van der Waals surface area contributed by atoms with E-state index in [2.05, 4.69) is 4.18 Å². The van der Waals surface area contributed by atoms with E-state index < -0.39 is 39.0 Å². The van der Waals surface area contributed by atoms with Crippen molar-refractivity contribution in [2.24, 2.45) is 5.92 Å². The molecule has 0 aromatic carbocycles. The highest BCUT2D eigenvalue weighted by atomic mass is 32.2. The normalized spacial score (nSPS) is 29.3. The third-order valence-corrected chi connectivity index (χ3v) is 5.85. The van der Waals surface area contributed by atoms with E-state index >= 15 is 0 Å². The molecule has 0 aromatic heterocycles. The first kappa shape index (κ1) is 19.6. The minimum absolute atomic E-state index is 0.0659. The van der Waals surface area contributed by atoms with Gasteiger partial charge < -0.3 is 0 Å². The Hall–Kier alpha value is -0.720. The van der Waals surface area contributed by atoms with E-state index in [1.54, 1.807) is 0 Å². The fourth-order valence-electron chi connectivity index (χ4n) is 3.06. The first-order chi connectivity index (χ1) is 10.5. The molecule has 0 heterocycles. The number of alkyl halides is 9.